The summed E-state index contributed by atoms with van der Waals surface area (Å²) in [6, 6.07) is 15.5. The van der Waals surface area contributed by atoms with Crippen molar-refractivity contribution < 1.29 is 29.7 Å². The summed E-state index contributed by atoms with van der Waals surface area (Å²) in [5.74, 6) is -0.105. The number of aliphatic hydroxyl groups is 2. The Morgan fingerprint density at radius 2 is 1.62 bits per heavy atom. The number of carbonyl (C=O) groups excluding carboxylic acids is 1. The monoisotopic (exact) mass is 658 g/mol. The van der Waals surface area contributed by atoms with Crippen LogP contribution in [-0.4, -0.2) is 58.6 Å². The van der Waals surface area contributed by atoms with Gasteiger partial charge in [0.2, 0.25) is 5.91 Å². The van der Waals surface area contributed by atoms with Crippen LogP contribution in [-0.2, 0) is 14.4 Å². The van der Waals surface area contributed by atoms with Crippen molar-refractivity contribution in [3.05, 3.63) is 59.7 Å². The summed E-state index contributed by atoms with van der Waals surface area (Å²) in [6.07, 6.45) is 7.74. The summed E-state index contributed by atoms with van der Waals surface area (Å²) in [5, 5.41) is 36.3. The lowest BCUT2D eigenvalue weighted by molar-refractivity contribution is -0.201. The minimum Gasteiger partial charge on any atom is -0.480 e. The predicted octanol–water partition coefficient (Wildman–Crippen LogP) is 5.91. The number of hydroxylamine groups is 1. The molecule has 0 bridgehead atoms. The Balaban J connectivity index is 0.954. The Kier molecular flexibility index (Phi) is 9.24. The number of carboxylic acids is 1. The van der Waals surface area contributed by atoms with Crippen LogP contribution < -0.4 is 10.8 Å². The standard InChI is InChI=1S/C40H54N2O6/c1-23(30-15-16-31-37-32(20-35(44)40(30,31)3)39(2)17-9-8-10-24(39)19-34(37)43)18-33(38(46)47)42-36(45)21-41-48-22-29-27-13-6-4-11-25(27)26-12-5-7-14-28(26)29/h4-7,11-14,23-24,29-35,37,41,43-44H,8-10,15-22H2,1-3H3,(H,42,45)(H,46,47)/t23-,24?,30-,31+,32+,33?,34?,35?,37+,39+,40-/m1/s1. The Bertz CT molecular complexity index is 1470. The first-order valence-corrected chi connectivity index (χ1v) is 18.4. The molecule has 5 aliphatic rings. The summed E-state index contributed by atoms with van der Waals surface area (Å²) >= 11 is 0. The Labute approximate surface area is 285 Å². The molecular formula is C40H54N2O6. The molecule has 48 heavy (non-hydrogen) atoms. The highest BCUT2D eigenvalue weighted by atomic mass is 16.6. The highest BCUT2D eigenvalue weighted by Gasteiger charge is 2.65. The molecule has 2 aromatic rings. The number of fused-ring (bicyclic) bond motifs is 8. The van der Waals surface area contributed by atoms with Gasteiger partial charge in [-0.15, -0.1) is 0 Å². The van der Waals surface area contributed by atoms with Crippen LogP contribution in [0, 0.1) is 46.3 Å². The van der Waals surface area contributed by atoms with Gasteiger partial charge < -0.3 is 25.5 Å². The van der Waals surface area contributed by atoms with Crippen molar-refractivity contribution in [1.82, 2.24) is 10.8 Å². The Hall–Kier alpha value is -2.78. The lowest BCUT2D eigenvalue weighted by Gasteiger charge is -2.63. The van der Waals surface area contributed by atoms with Crippen molar-refractivity contribution in [2.75, 3.05) is 13.2 Å². The highest BCUT2D eigenvalue weighted by molar-refractivity contribution is 5.84. The van der Waals surface area contributed by atoms with Crippen molar-refractivity contribution in [2.45, 2.75) is 103 Å². The first kappa shape index (κ1) is 33.7. The summed E-state index contributed by atoms with van der Waals surface area (Å²) in [4.78, 5) is 31.1. The van der Waals surface area contributed by atoms with Crippen LogP contribution in [0.4, 0.5) is 0 Å². The number of benzene rings is 2. The molecule has 0 radical (unpaired) electrons. The lowest BCUT2D eigenvalue weighted by Crippen LogP contribution is -2.61. The first-order valence-electron chi connectivity index (χ1n) is 18.4. The first-order chi connectivity index (χ1) is 23.0. The molecule has 0 aromatic heterocycles. The fraction of sp³-hybridized carbons (Fsp3) is 0.650. The van der Waals surface area contributed by atoms with Crippen molar-refractivity contribution >= 4 is 11.9 Å². The number of hydrogen-bond donors (Lipinski definition) is 5. The van der Waals surface area contributed by atoms with Gasteiger partial charge in [-0.3, -0.25) is 4.79 Å². The van der Waals surface area contributed by atoms with Crippen LogP contribution in [0.2, 0.25) is 0 Å². The molecule has 8 nitrogen and oxygen atoms in total. The number of rotatable bonds is 10. The fourth-order valence-corrected chi connectivity index (χ4v) is 11.9. The van der Waals surface area contributed by atoms with Gasteiger partial charge in [0.05, 0.1) is 25.4 Å². The molecule has 0 heterocycles. The van der Waals surface area contributed by atoms with Crippen LogP contribution in [0.3, 0.4) is 0 Å². The molecule has 4 fully saturated rings. The van der Waals surface area contributed by atoms with Gasteiger partial charge >= 0.3 is 5.97 Å². The predicted molar refractivity (Wildman–Crippen MR) is 184 cm³/mol. The average molecular weight is 659 g/mol. The van der Waals surface area contributed by atoms with Crippen LogP contribution >= 0.6 is 0 Å². The van der Waals surface area contributed by atoms with Crippen molar-refractivity contribution in [3.63, 3.8) is 0 Å². The van der Waals surface area contributed by atoms with E-state index >= 15 is 0 Å². The van der Waals surface area contributed by atoms with E-state index in [1.807, 2.05) is 24.3 Å². The number of amides is 1. The van der Waals surface area contributed by atoms with Crippen LogP contribution in [0.5, 0.6) is 0 Å². The van der Waals surface area contributed by atoms with E-state index in [4.69, 9.17) is 4.84 Å². The Morgan fingerprint density at radius 1 is 0.938 bits per heavy atom. The van der Waals surface area contributed by atoms with Gasteiger partial charge in [-0.2, -0.15) is 5.48 Å². The highest BCUT2D eigenvalue weighted by Crippen LogP contribution is 2.68. The van der Waals surface area contributed by atoms with Crippen LogP contribution in [0.25, 0.3) is 11.1 Å². The van der Waals surface area contributed by atoms with Gasteiger partial charge in [0.25, 0.3) is 0 Å². The molecule has 2 aromatic carbocycles. The van der Waals surface area contributed by atoms with E-state index in [0.717, 1.165) is 19.3 Å². The van der Waals surface area contributed by atoms with Gasteiger partial charge in [-0.05, 0) is 114 Å². The second-order valence-electron chi connectivity index (χ2n) is 16.4. The molecule has 0 saturated heterocycles. The van der Waals surface area contributed by atoms with Gasteiger partial charge in [-0.25, -0.2) is 4.79 Å². The quantitative estimate of drug-likeness (QED) is 0.159. The minimum absolute atomic E-state index is 0.0296. The topological polar surface area (TPSA) is 128 Å². The zero-order valence-electron chi connectivity index (χ0n) is 28.7. The third kappa shape index (κ3) is 5.61. The fourth-order valence-electron chi connectivity index (χ4n) is 11.9. The van der Waals surface area contributed by atoms with Gasteiger partial charge in [-0.1, -0.05) is 82.1 Å². The molecule has 4 unspecified atom stereocenters. The van der Waals surface area contributed by atoms with E-state index in [2.05, 4.69) is 55.8 Å². The normalized spacial score (nSPS) is 36.6. The molecule has 5 N–H and O–H groups in total. The second-order valence-corrected chi connectivity index (χ2v) is 16.4. The number of hydrogen-bond acceptors (Lipinski definition) is 6. The van der Waals surface area contributed by atoms with Crippen molar-refractivity contribution in [3.8, 4) is 11.1 Å². The van der Waals surface area contributed by atoms with Crippen molar-refractivity contribution in [2.24, 2.45) is 46.3 Å². The maximum absolute atomic E-state index is 13.0. The number of nitrogens with one attached hydrogen (secondary N) is 2. The second kappa shape index (κ2) is 13.2. The van der Waals surface area contributed by atoms with E-state index in [0.29, 0.717) is 24.9 Å². The molecule has 8 heteroatoms. The van der Waals surface area contributed by atoms with E-state index < -0.39 is 24.0 Å². The zero-order valence-corrected chi connectivity index (χ0v) is 28.7. The molecule has 1 amide bonds. The van der Waals surface area contributed by atoms with E-state index in [1.165, 1.54) is 47.9 Å². The number of carbonyl (C=O) groups is 2. The largest absolute Gasteiger partial charge is 0.480 e. The third-order valence-corrected chi connectivity index (χ3v) is 14.3. The minimum atomic E-state index is -1.06. The van der Waals surface area contributed by atoms with Gasteiger partial charge in [0.15, 0.2) is 0 Å². The average Bonchev–Trinajstić information content (AvgIpc) is 3.59. The number of aliphatic carboxylic acids is 1. The maximum atomic E-state index is 13.0. The molecular weight excluding hydrogens is 604 g/mol. The molecule has 11 atom stereocenters. The molecule has 5 aliphatic carbocycles. The number of carboxylic acid groups (broad SMARTS) is 1. The van der Waals surface area contributed by atoms with Crippen LogP contribution in [0.1, 0.15) is 95.6 Å². The summed E-state index contributed by atoms with van der Waals surface area (Å²) in [5.41, 5.74) is 7.33. The molecule has 260 valence electrons. The van der Waals surface area contributed by atoms with Gasteiger partial charge in [0, 0.05) is 5.92 Å². The smallest absolute Gasteiger partial charge is 0.326 e. The van der Waals surface area contributed by atoms with E-state index in [1.54, 1.807) is 0 Å². The molecule has 4 saturated carbocycles. The van der Waals surface area contributed by atoms with Crippen molar-refractivity contribution in [1.29, 1.82) is 0 Å². The SMILES string of the molecule is C[C@H](CC(NC(=O)CNOCC1c2ccccc2-c2ccccc21)C(=O)O)[C@H]1CC[C@H]2[C@@H]3C(O)CC4CCCC[C@]4(C)[C@H]3CC(O)[C@]12C. The van der Waals surface area contributed by atoms with E-state index in [-0.39, 0.29) is 59.5 Å². The number of aliphatic hydroxyl groups excluding tert-OH is 2. The molecule has 7 rings (SSSR count). The Morgan fingerprint density at radius 3 is 2.31 bits per heavy atom. The van der Waals surface area contributed by atoms with E-state index in [9.17, 15) is 24.9 Å². The lowest BCUT2D eigenvalue weighted by atomic mass is 9.43. The van der Waals surface area contributed by atoms with Gasteiger partial charge in [0.1, 0.15) is 6.04 Å². The van der Waals surface area contributed by atoms with Crippen LogP contribution in [0.15, 0.2) is 48.5 Å². The molecule has 0 spiro atoms. The summed E-state index contributed by atoms with van der Waals surface area (Å²) in [6.45, 7) is 6.90. The molecule has 0 aliphatic heterocycles. The summed E-state index contributed by atoms with van der Waals surface area (Å²) in [7, 11) is 0. The summed E-state index contributed by atoms with van der Waals surface area (Å²) < 4.78 is 0. The maximum Gasteiger partial charge on any atom is 0.326 e. The zero-order chi connectivity index (χ0) is 33.8. The third-order valence-electron chi connectivity index (χ3n) is 14.3.